The van der Waals surface area contributed by atoms with Crippen LogP contribution in [0.1, 0.15) is 39.5 Å². The van der Waals surface area contributed by atoms with Crippen LogP contribution in [0.4, 0.5) is 6.01 Å². The highest BCUT2D eigenvalue weighted by Crippen LogP contribution is 2.46. The topological polar surface area (TPSA) is 63.0 Å². The maximum Gasteiger partial charge on any atom is 0.315 e. The second-order valence-corrected chi connectivity index (χ2v) is 7.12. The molecule has 1 heterocycles. The Balaban J connectivity index is 1.79. The zero-order valence-electron chi connectivity index (χ0n) is 11.5. The average molecular weight is 270 g/mol. The molecule has 1 fully saturated rings. The average Bonchev–Trinajstić information content (AvgIpc) is 2.95. The molecule has 0 bridgehead atoms. The van der Waals surface area contributed by atoms with E-state index in [1.165, 1.54) is 12.8 Å². The van der Waals surface area contributed by atoms with Crippen molar-refractivity contribution in [2.24, 2.45) is 0 Å². The van der Waals surface area contributed by atoms with Gasteiger partial charge in [0, 0.05) is 16.8 Å². The molecule has 5 nitrogen and oxygen atoms in total. The first kappa shape index (κ1) is 13.7. The van der Waals surface area contributed by atoms with E-state index in [2.05, 4.69) is 47.9 Å². The fourth-order valence-corrected chi connectivity index (χ4v) is 2.29. The molecular formula is C12H22N4OS. The Labute approximate surface area is 112 Å². The van der Waals surface area contributed by atoms with Crippen molar-refractivity contribution in [3.05, 3.63) is 5.89 Å². The van der Waals surface area contributed by atoms with E-state index < -0.39 is 0 Å². The van der Waals surface area contributed by atoms with Crippen LogP contribution in [-0.2, 0) is 6.54 Å². The monoisotopic (exact) mass is 270 g/mol. The molecule has 2 rings (SSSR count). The smallest absolute Gasteiger partial charge is 0.315 e. The van der Waals surface area contributed by atoms with Gasteiger partial charge in [0.15, 0.2) is 0 Å². The Morgan fingerprint density at radius 1 is 1.33 bits per heavy atom. The van der Waals surface area contributed by atoms with E-state index in [1.807, 2.05) is 11.8 Å². The van der Waals surface area contributed by atoms with Gasteiger partial charge in [0.2, 0.25) is 5.89 Å². The van der Waals surface area contributed by atoms with Crippen LogP contribution < -0.4 is 10.6 Å². The van der Waals surface area contributed by atoms with Gasteiger partial charge in [-0.3, -0.25) is 0 Å². The number of thioether (sulfide) groups is 1. The molecule has 1 saturated carbocycles. The number of hydrogen-bond acceptors (Lipinski definition) is 6. The van der Waals surface area contributed by atoms with Crippen molar-refractivity contribution in [2.75, 3.05) is 18.1 Å². The SMILES string of the molecule is CSC1(CNc2nnc(CNC(C)(C)C)o2)CC1. The van der Waals surface area contributed by atoms with Gasteiger partial charge in [-0.15, -0.1) is 5.10 Å². The first-order chi connectivity index (χ1) is 8.42. The van der Waals surface area contributed by atoms with E-state index in [-0.39, 0.29) is 5.54 Å². The van der Waals surface area contributed by atoms with Crippen molar-refractivity contribution in [1.29, 1.82) is 0 Å². The Bertz CT molecular complexity index is 395. The molecule has 0 aliphatic heterocycles. The summed E-state index contributed by atoms with van der Waals surface area (Å²) in [5.41, 5.74) is 0.0545. The summed E-state index contributed by atoms with van der Waals surface area (Å²) in [6, 6.07) is 0.529. The largest absolute Gasteiger partial charge is 0.407 e. The molecule has 0 amide bonds. The Morgan fingerprint density at radius 3 is 2.61 bits per heavy atom. The number of nitrogens with zero attached hydrogens (tertiary/aromatic N) is 2. The second kappa shape index (κ2) is 5.09. The van der Waals surface area contributed by atoms with Crippen LogP contribution in [0.3, 0.4) is 0 Å². The molecule has 0 aromatic carbocycles. The second-order valence-electron chi connectivity index (χ2n) is 5.85. The number of rotatable bonds is 6. The first-order valence-electron chi connectivity index (χ1n) is 6.29. The summed E-state index contributed by atoms with van der Waals surface area (Å²) < 4.78 is 5.94. The van der Waals surface area contributed by atoms with Crippen LogP contribution in [0, 0.1) is 0 Å². The van der Waals surface area contributed by atoms with Crippen LogP contribution in [0.2, 0.25) is 0 Å². The summed E-state index contributed by atoms with van der Waals surface area (Å²) in [6.45, 7) is 7.84. The van der Waals surface area contributed by atoms with Gasteiger partial charge in [-0.05, 0) is 39.9 Å². The molecule has 0 saturated heterocycles. The molecule has 0 unspecified atom stereocenters. The molecule has 1 aromatic heterocycles. The molecule has 1 aromatic rings. The molecule has 1 aliphatic rings. The number of hydrogen-bond donors (Lipinski definition) is 2. The lowest BCUT2D eigenvalue weighted by Crippen LogP contribution is -2.35. The summed E-state index contributed by atoms with van der Waals surface area (Å²) >= 11 is 1.91. The lowest BCUT2D eigenvalue weighted by atomic mass is 10.1. The van der Waals surface area contributed by atoms with Gasteiger partial charge < -0.3 is 15.1 Å². The summed E-state index contributed by atoms with van der Waals surface area (Å²) in [6.07, 6.45) is 4.70. The van der Waals surface area contributed by atoms with Crippen molar-refractivity contribution < 1.29 is 4.42 Å². The minimum atomic E-state index is 0.0545. The first-order valence-corrected chi connectivity index (χ1v) is 7.51. The molecule has 18 heavy (non-hydrogen) atoms. The normalized spacial score (nSPS) is 17.8. The number of anilines is 1. The van der Waals surface area contributed by atoms with Crippen LogP contribution in [0.25, 0.3) is 0 Å². The Hall–Kier alpha value is -0.750. The highest BCUT2D eigenvalue weighted by Gasteiger charge is 2.41. The fraction of sp³-hybridized carbons (Fsp3) is 0.833. The third kappa shape index (κ3) is 3.88. The standard InChI is InChI=1S/C12H22N4OS/c1-11(2,3)14-7-9-15-16-10(17-9)13-8-12(18-4)5-6-12/h14H,5-8H2,1-4H3,(H,13,16). The van der Waals surface area contributed by atoms with Crippen LogP contribution in [0.5, 0.6) is 0 Å². The van der Waals surface area contributed by atoms with Gasteiger partial charge in [-0.2, -0.15) is 11.8 Å². The zero-order valence-corrected chi connectivity index (χ0v) is 12.4. The molecular weight excluding hydrogens is 248 g/mol. The molecule has 0 radical (unpaired) electrons. The predicted molar refractivity (Wildman–Crippen MR) is 74.9 cm³/mol. The molecule has 1 aliphatic carbocycles. The third-order valence-corrected chi connectivity index (χ3v) is 4.46. The molecule has 0 spiro atoms. The van der Waals surface area contributed by atoms with Gasteiger partial charge in [-0.1, -0.05) is 5.10 Å². The van der Waals surface area contributed by atoms with E-state index in [0.29, 0.717) is 23.2 Å². The van der Waals surface area contributed by atoms with Crippen molar-refractivity contribution in [3.8, 4) is 0 Å². The van der Waals surface area contributed by atoms with Gasteiger partial charge in [0.1, 0.15) is 0 Å². The van der Waals surface area contributed by atoms with Gasteiger partial charge in [0.05, 0.1) is 6.54 Å². The highest BCUT2D eigenvalue weighted by molar-refractivity contribution is 8.00. The summed E-state index contributed by atoms with van der Waals surface area (Å²) in [5, 5.41) is 14.6. The third-order valence-electron chi connectivity index (χ3n) is 3.04. The van der Waals surface area contributed by atoms with Crippen LogP contribution in [0.15, 0.2) is 4.42 Å². The Kier molecular flexibility index (Phi) is 3.87. The number of nitrogens with one attached hydrogen (secondary N) is 2. The van der Waals surface area contributed by atoms with E-state index in [1.54, 1.807) is 0 Å². The summed E-state index contributed by atoms with van der Waals surface area (Å²) in [7, 11) is 0. The van der Waals surface area contributed by atoms with E-state index >= 15 is 0 Å². The maximum absolute atomic E-state index is 5.54. The lowest BCUT2D eigenvalue weighted by molar-refractivity contribution is 0.383. The van der Waals surface area contributed by atoms with E-state index in [0.717, 1.165) is 6.54 Å². The van der Waals surface area contributed by atoms with E-state index in [9.17, 15) is 0 Å². The van der Waals surface area contributed by atoms with Crippen LogP contribution >= 0.6 is 11.8 Å². The van der Waals surface area contributed by atoms with Crippen molar-refractivity contribution in [3.63, 3.8) is 0 Å². The highest BCUT2D eigenvalue weighted by atomic mass is 32.2. The van der Waals surface area contributed by atoms with Gasteiger partial charge >= 0.3 is 6.01 Å². The van der Waals surface area contributed by atoms with Crippen LogP contribution in [-0.4, -0.2) is 33.3 Å². The fourth-order valence-electron chi connectivity index (χ4n) is 1.57. The molecule has 0 atom stereocenters. The van der Waals surface area contributed by atoms with E-state index in [4.69, 9.17) is 4.42 Å². The zero-order chi connectivity index (χ0) is 13.2. The maximum atomic E-state index is 5.54. The summed E-state index contributed by atoms with van der Waals surface area (Å²) in [4.78, 5) is 0. The van der Waals surface area contributed by atoms with Crippen molar-refractivity contribution in [1.82, 2.24) is 15.5 Å². The van der Waals surface area contributed by atoms with Crippen molar-refractivity contribution >= 4 is 17.8 Å². The van der Waals surface area contributed by atoms with Crippen molar-refractivity contribution in [2.45, 2.75) is 50.4 Å². The number of aromatic nitrogens is 2. The summed E-state index contributed by atoms with van der Waals surface area (Å²) in [5.74, 6) is 0.626. The quantitative estimate of drug-likeness (QED) is 0.827. The minimum absolute atomic E-state index is 0.0545. The van der Waals surface area contributed by atoms with Gasteiger partial charge in [0.25, 0.3) is 0 Å². The minimum Gasteiger partial charge on any atom is -0.407 e. The predicted octanol–water partition coefficient (Wildman–Crippen LogP) is 2.27. The molecule has 6 heteroatoms. The lowest BCUT2D eigenvalue weighted by Gasteiger charge is -2.18. The molecule has 102 valence electrons. The van der Waals surface area contributed by atoms with Gasteiger partial charge in [-0.25, -0.2) is 0 Å². The Morgan fingerprint density at radius 2 is 2.06 bits per heavy atom. The molecule has 2 N–H and O–H groups in total.